The molecule has 0 aromatic carbocycles. The number of likely N-dealkylation sites (N-methyl/N-ethyl adjacent to an activating group) is 1. The van der Waals surface area contributed by atoms with E-state index in [1.54, 1.807) is 0 Å². The van der Waals surface area contributed by atoms with E-state index >= 15 is 0 Å². The van der Waals surface area contributed by atoms with Crippen LogP contribution in [0.15, 0.2) is 4.52 Å². The zero-order valence-corrected chi connectivity index (χ0v) is 11.3. The smallest absolute Gasteiger partial charge is 0.232 e. The van der Waals surface area contributed by atoms with Gasteiger partial charge < -0.3 is 15.2 Å². The van der Waals surface area contributed by atoms with Crippen molar-refractivity contribution in [2.75, 3.05) is 13.6 Å². The molecule has 96 valence electrons. The van der Waals surface area contributed by atoms with Gasteiger partial charge in [-0.1, -0.05) is 25.9 Å². The summed E-state index contributed by atoms with van der Waals surface area (Å²) in [7, 11) is 2.07. The van der Waals surface area contributed by atoms with Gasteiger partial charge in [0.05, 0.1) is 5.54 Å². The third-order valence-corrected chi connectivity index (χ3v) is 3.46. The number of hydrogen-bond acceptors (Lipinski definition) is 5. The van der Waals surface area contributed by atoms with Crippen LogP contribution in [0.25, 0.3) is 0 Å². The molecule has 1 aromatic rings. The van der Waals surface area contributed by atoms with E-state index in [-0.39, 0.29) is 5.41 Å². The Balaban J connectivity index is 2.27. The number of aromatic nitrogens is 2. The Morgan fingerprint density at radius 3 is 2.53 bits per heavy atom. The van der Waals surface area contributed by atoms with Crippen molar-refractivity contribution < 1.29 is 4.52 Å². The quantitative estimate of drug-likeness (QED) is 0.797. The van der Waals surface area contributed by atoms with E-state index in [0.29, 0.717) is 17.8 Å². The number of nitrogens with two attached hydrogens (primary N) is 1. The fourth-order valence-electron chi connectivity index (χ4n) is 2.24. The minimum Gasteiger partial charge on any atom is -0.339 e. The predicted octanol–water partition coefficient (Wildman–Crippen LogP) is 1.25. The Hall–Kier alpha value is -0.940. The van der Waals surface area contributed by atoms with Crippen molar-refractivity contribution in [3.05, 3.63) is 11.7 Å². The molecule has 1 saturated heterocycles. The molecule has 0 radical (unpaired) electrons. The predicted molar refractivity (Wildman–Crippen MR) is 65.6 cm³/mol. The first-order valence-corrected chi connectivity index (χ1v) is 6.06. The highest BCUT2D eigenvalue weighted by Gasteiger charge is 2.43. The van der Waals surface area contributed by atoms with Crippen molar-refractivity contribution in [1.82, 2.24) is 15.0 Å². The van der Waals surface area contributed by atoms with E-state index in [1.165, 1.54) is 0 Å². The molecule has 0 aliphatic carbocycles. The molecule has 17 heavy (non-hydrogen) atoms. The lowest BCUT2D eigenvalue weighted by Gasteiger charge is -2.19. The Morgan fingerprint density at radius 2 is 2.12 bits per heavy atom. The number of hydrogen-bond donors (Lipinski definition) is 1. The summed E-state index contributed by atoms with van der Waals surface area (Å²) in [5, 5.41) is 4.07. The van der Waals surface area contributed by atoms with Gasteiger partial charge in [0.25, 0.3) is 0 Å². The summed E-state index contributed by atoms with van der Waals surface area (Å²) in [6, 6.07) is 0.455. The molecule has 2 heterocycles. The molecule has 0 amide bonds. The summed E-state index contributed by atoms with van der Waals surface area (Å²) in [6.45, 7) is 9.10. The van der Waals surface area contributed by atoms with Crippen molar-refractivity contribution in [3.63, 3.8) is 0 Å². The van der Waals surface area contributed by atoms with E-state index in [1.807, 2.05) is 0 Å². The van der Waals surface area contributed by atoms with Crippen molar-refractivity contribution >= 4 is 0 Å². The maximum atomic E-state index is 6.39. The molecule has 2 N–H and O–H groups in total. The highest BCUT2D eigenvalue weighted by Crippen LogP contribution is 2.32. The third-order valence-electron chi connectivity index (χ3n) is 3.46. The zero-order chi connectivity index (χ0) is 12.8. The summed E-state index contributed by atoms with van der Waals surface area (Å²) in [5.74, 6) is 1.29. The number of rotatable bonds is 1. The molecule has 1 fully saturated rings. The van der Waals surface area contributed by atoms with Gasteiger partial charge in [-0.05, 0) is 20.4 Å². The fraction of sp³-hybridized carbons (Fsp3) is 0.833. The SMILES string of the molecule is CC1CC(N)(c2noc(C(C)(C)C)n2)CN1C. The Labute approximate surface area is 102 Å². The third kappa shape index (κ3) is 2.21. The highest BCUT2D eigenvalue weighted by molar-refractivity contribution is 5.12. The molecule has 0 bridgehead atoms. The van der Waals surface area contributed by atoms with Gasteiger partial charge in [-0.15, -0.1) is 0 Å². The number of likely N-dealkylation sites (tertiary alicyclic amines) is 1. The van der Waals surface area contributed by atoms with E-state index in [0.717, 1.165) is 13.0 Å². The molecule has 1 aromatic heterocycles. The molecule has 5 heteroatoms. The first kappa shape index (κ1) is 12.5. The lowest BCUT2D eigenvalue weighted by molar-refractivity contribution is 0.302. The van der Waals surface area contributed by atoms with Crippen LogP contribution in [0.3, 0.4) is 0 Å². The molecule has 2 rings (SSSR count). The van der Waals surface area contributed by atoms with Gasteiger partial charge in [0.2, 0.25) is 5.89 Å². The Bertz CT molecular complexity index is 397. The van der Waals surface area contributed by atoms with Crippen molar-refractivity contribution in [1.29, 1.82) is 0 Å². The molecule has 1 aliphatic rings. The molecule has 2 unspecified atom stereocenters. The summed E-state index contributed by atoms with van der Waals surface area (Å²) >= 11 is 0. The maximum Gasteiger partial charge on any atom is 0.232 e. The summed E-state index contributed by atoms with van der Waals surface area (Å²) in [4.78, 5) is 6.70. The van der Waals surface area contributed by atoms with Gasteiger partial charge in [-0.25, -0.2) is 0 Å². The van der Waals surface area contributed by atoms with E-state index in [9.17, 15) is 0 Å². The van der Waals surface area contributed by atoms with Crippen LogP contribution < -0.4 is 5.73 Å². The second-order valence-electron chi connectivity index (χ2n) is 6.30. The largest absolute Gasteiger partial charge is 0.339 e. The summed E-state index contributed by atoms with van der Waals surface area (Å²) in [6.07, 6.45) is 0.868. The average Bonchev–Trinajstić information content (AvgIpc) is 2.72. The van der Waals surface area contributed by atoms with Crippen molar-refractivity contribution in [2.45, 2.75) is 51.1 Å². The van der Waals surface area contributed by atoms with Crippen LogP contribution in [0.1, 0.15) is 45.8 Å². The molecule has 1 aliphatic heterocycles. The average molecular weight is 238 g/mol. The lowest BCUT2D eigenvalue weighted by atomic mass is 9.95. The Morgan fingerprint density at radius 1 is 1.47 bits per heavy atom. The van der Waals surface area contributed by atoms with Gasteiger partial charge in [0.1, 0.15) is 0 Å². The van der Waals surface area contributed by atoms with Crippen LogP contribution in [0.5, 0.6) is 0 Å². The second-order valence-corrected chi connectivity index (χ2v) is 6.30. The molecule has 2 atom stereocenters. The number of nitrogens with zero attached hydrogens (tertiary/aromatic N) is 3. The normalized spacial score (nSPS) is 31.1. The summed E-state index contributed by atoms with van der Waals surface area (Å²) in [5.41, 5.74) is 5.79. The monoisotopic (exact) mass is 238 g/mol. The Kier molecular flexibility index (Phi) is 2.78. The summed E-state index contributed by atoms with van der Waals surface area (Å²) < 4.78 is 5.32. The molecule has 0 saturated carbocycles. The first-order chi connectivity index (χ1) is 7.72. The van der Waals surface area contributed by atoms with Crippen molar-refractivity contribution in [2.24, 2.45) is 5.73 Å². The first-order valence-electron chi connectivity index (χ1n) is 6.06. The van der Waals surface area contributed by atoms with Crippen LogP contribution in [-0.2, 0) is 11.0 Å². The molecular weight excluding hydrogens is 216 g/mol. The second kappa shape index (κ2) is 3.78. The standard InChI is InChI=1S/C12H22N4O/c1-8-6-12(13,7-16(8)5)9-14-10(17-15-9)11(2,3)4/h8H,6-7,13H2,1-5H3. The van der Waals surface area contributed by atoms with E-state index in [2.05, 4.69) is 49.8 Å². The van der Waals surface area contributed by atoms with Crippen LogP contribution in [0, 0.1) is 0 Å². The van der Waals surface area contributed by atoms with Gasteiger partial charge in [-0.2, -0.15) is 4.98 Å². The highest BCUT2D eigenvalue weighted by atomic mass is 16.5. The van der Waals surface area contributed by atoms with E-state index in [4.69, 9.17) is 10.3 Å². The minimum absolute atomic E-state index is 0.127. The van der Waals surface area contributed by atoms with Crippen LogP contribution in [0.2, 0.25) is 0 Å². The zero-order valence-electron chi connectivity index (χ0n) is 11.3. The van der Waals surface area contributed by atoms with Crippen LogP contribution in [0.4, 0.5) is 0 Å². The van der Waals surface area contributed by atoms with Crippen molar-refractivity contribution in [3.8, 4) is 0 Å². The minimum atomic E-state index is -0.471. The van der Waals surface area contributed by atoms with E-state index < -0.39 is 5.54 Å². The van der Waals surface area contributed by atoms with Gasteiger partial charge in [-0.3, -0.25) is 0 Å². The topological polar surface area (TPSA) is 68.2 Å². The van der Waals surface area contributed by atoms with Crippen LogP contribution in [-0.4, -0.2) is 34.7 Å². The van der Waals surface area contributed by atoms with Gasteiger partial charge in [0.15, 0.2) is 5.82 Å². The van der Waals surface area contributed by atoms with Crippen LogP contribution >= 0.6 is 0 Å². The van der Waals surface area contributed by atoms with Gasteiger partial charge >= 0.3 is 0 Å². The fourth-order valence-corrected chi connectivity index (χ4v) is 2.24. The molecule has 5 nitrogen and oxygen atoms in total. The molecular formula is C12H22N4O. The maximum absolute atomic E-state index is 6.39. The van der Waals surface area contributed by atoms with Gasteiger partial charge in [0, 0.05) is 18.0 Å². The lowest BCUT2D eigenvalue weighted by Crippen LogP contribution is -2.40. The molecule has 0 spiro atoms.